The minimum Gasteiger partial charge on any atom is -0.477 e. The molecule has 0 aliphatic rings. The van der Waals surface area contributed by atoms with E-state index in [0.717, 1.165) is 37.9 Å². The van der Waals surface area contributed by atoms with Gasteiger partial charge < -0.3 is 9.84 Å². The minimum atomic E-state index is -1.23. The van der Waals surface area contributed by atoms with Gasteiger partial charge in [0, 0.05) is 0 Å². The summed E-state index contributed by atoms with van der Waals surface area (Å²) in [5.74, 6) is -1.55. The van der Waals surface area contributed by atoms with Crippen molar-refractivity contribution in [2.75, 3.05) is 6.61 Å². The number of carboxylic acid groups (broad SMARTS) is 1. The Kier molecular flexibility index (Phi) is 6.25. The molecule has 0 radical (unpaired) electrons. The van der Waals surface area contributed by atoms with E-state index in [1.807, 2.05) is 0 Å². The van der Waals surface area contributed by atoms with Crippen molar-refractivity contribution < 1.29 is 19.0 Å². The Morgan fingerprint density at radius 1 is 1.53 bits per heavy atom. The van der Waals surface area contributed by atoms with Crippen molar-refractivity contribution in [1.82, 2.24) is 4.98 Å². The van der Waals surface area contributed by atoms with Gasteiger partial charge >= 0.3 is 5.97 Å². The van der Waals surface area contributed by atoms with Crippen LogP contribution >= 0.6 is 0 Å². The summed E-state index contributed by atoms with van der Waals surface area (Å²) in [5, 5.41) is 8.97. The zero-order chi connectivity index (χ0) is 14.3. The van der Waals surface area contributed by atoms with Gasteiger partial charge in [0.2, 0.25) is 5.88 Å². The van der Waals surface area contributed by atoms with E-state index in [4.69, 9.17) is 9.84 Å². The summed E-state index contributed by atoms with van der Waals surface area (Å²) in [5.41, 5.74) is -0.231. The topological polar surface area (TPSA) is 59.4 Å². The number of hydrogen-bond acceptors (Lipinski definition) is 3. The summed E-state index contributed by atoms with van der Waals surface area (Å²) in [6.45, 7) is 4.60. The number of pyridine rings is 1. The SMILES string of the molecule is CCCCC(CC)COc1ncc(F)cc1C(=O)O. The van der Waals surface area contributed by atoms with Gasteiger partial charge in [-0.15, -0.1) is 0 Å². The second kappa shape index (κ2) is 7.71. The van der Waals surface area contributed by atoms with E-state index in [0.29, 0.717) is 12.5 Å². The Hall–Kier alpha value is -1.65. The maximum atomic E-state index is 13.0. The van der Waals surface area contributed by atoms with E-state index in [1.165, 1.54) is 0 Å². The molecule has 1 aromatic rings. The monoisotopic (exact) mass is 269 g/mol. The molecule has 1 rings (SSSR count). The van der Waals surface area contributed by atoms with Crippen LogP contribution in [0.1, 0.15) is 49.9 Å². The van der Waals surface area contributed by atoms with Crippen molar-refractivity contribution in [2.24, 2.45) is 5.92 Å². The summed E-state index contributed by atoms with van der Waals surface area (Å²) >= 11 is 0. The van der Waals surface area contributed by atoms with Gasteiger partial charge in [-0.1, -0.05) is 33.1 Å². The molecule has 4 nitrogen and oxygen atoms in total. The van der Waals surface area contributed by atoms with Crippen LogP contribution in [0.4, 0.5) is 4.39 Å². The van der Waals surface area contributed by atoms with E-state index in [-0.39, 0.29) is 11.4 Å². The van der Waals surface area contributed by atoms with Gasteiger partial charge in [-0.3, -0.25) is 0 Å². The van der Waals surface area contributed by atoms with Gasteiger partial charge in [0.05, 0.1) is 12.8 Å². The lowest BCUT2D eigenvalue weighted by Crippen LogP contribution is -2.14. The van der Waals surface area contributed by atoms with Crippen LogP contribution in [-0.4, -0.2) is 22.7 Å². The van der Waals surface area contributed by atoms with Gasteiger partial charge in [-0.2, -0.15) is 0 Å². The number of nitrogens with zero attached hydrogens (tertiary/aromatic N) is 1. The number of hydrogen-bond donors (Lipinski definition) is 1. The average Bonchev–Trinajstić information content (AvgIpc) is 2.40. The smallest absolute Gasteiger partial charge is 0.341 e. The number of aromatic carboxylic acids is 1. The average molecular weight is 269 g/mol. The van der Waals surface area contributed by atoms with Gasteiger partial charge in [-0.05, 0) is 18.4 Å². The Morgan fingerprint density at radius 2 is 2.26 bits per heavy atom. The Morgan fingerprint density at radius 3 is 2.84 bits per heavy atom. The van der Waals surface area contributed by atoms with Gasteiger partial charge in [-0.25, -0.2) is 14.2 Å². The molecule has 0 spiro atoms. The molecule has 0 saturated heterocycles. The van der Waals surface area contributed by atoms with Gasteiger partial charge in [0.15, 0.2) is 0 Å². The van der Waals surface area contributed by atoms with Gasteiger partial charge in [0.25, 0.3) is 0 Å². The molecule has 0 bridgehead atoms. The van der Waals surface area contributed by atoms with E-state index >= 15 is 0 Å². The van der Waals surface area contributed by atoms with Crippen LogP contribution in [-0.2, 0) is 0 Å². The van der Waals surface area contributed by atoms with Crippen molar-refractivity contribution in [3.8, 4) is 5.88 Å². The van der Waals surface area contributed by atoms with Crippen LogP contribution < -0.4 is 4.74 Å². The van der Waals surface area contributed by atoms with E-state index in [2.05, 4.69) is 18.8 Å². The first kappa shape index (κ1) is 15.4. The Balaban J connectivity index is 2.68. The normalized spacial score (nSPS) is 12.2. The summed E-state index contributed by atoms with van der Waals surface area (Å²) in [4.78, 5) is 14.7. The van der Waals surface area contributed by atoms with Crippen LogP contribution in [0.15, 0.2) is 12.3 Å². The van der Waals surface area contributed by atoms with Gasteiger partial charge in [0.1, 0.15) is 11.4 Å². The first-order valence-corrected chi connectivity index (χ1v) is 6.60. The third-order valence-corrected chi connectivity index (χ3v) is 3.05. The molecule has 1 unspecified atom stereocenters. The van der Waals surface area contributed by atoms with Crippen molar-refractivity contribution >= 4 is 5.97 Å². The molecule has 0 saturated carbocycles. The second-order valence-electron chi connectivity index (χ2n) is 4.54. The number of halogens is 1. The lowest BCUT2D eigenvalue weighted by molar-refractivity contribution is 0.0689. The van der Waals surface area contributed by atoms with Crippen molar-refractivity contribution in [2.45, 2.75) is 39.5 Å². The fraction of sp³-hybridized carbons (Fsp3) is 0.571. The number of aromatic nitrogens is 1. The molecule has 19 heavy (non-hydrogen) atoms. The molecule has 0 fully saturated rings. The molecule has 1 atom stereocenters. The van der Waals surface area contributed by atoms with Crippen LogP contribution in [0.25, 0.3) is 0 Å². The number of unbranched alkanes of at least 4 members (excludes halogenated alkanes) is 1. The highest BCUT2D eigenvalue weighted by atomic mass is 19.1. The standard InChI is InChI=1S/C14H20FNO3/c1-3-5-6-10(4-2)9-19-13-12(14(17)18)7-11(15)8-16-13/h7-8,10H,3-6,9H2,1-2H3,(H,17,18). The van der Waals surface area contributed by atoms with Crippen LogP contribution in [0, 0.1) is 11.7 Å². The first-order chi connectivity index (χ1) is 9.08. The quantitative estimate of drug-likeness (QED) is 0.784. The van der Waals surface area contributed by atoms with E-state index in [1.54, 1.807) is 0 Å². The number of rotatable bonds is 8. The largest absolute Gasteiger partial charge is 0.477 e. The third kappa shape index (κ3) is 4.85. The highest BCUT2D eigenvalue weighted by Gasteiger charge is 2.16. The molecule has 1 heterocycles. The summed E-state index contributed by atoms with van der Waals surface area (Å²) < 4.78 is 18.4. The number of ether oxygens (including phenoxy) is 1. The molecular formula is C14H20FNO3. The molecule has 0 amide bonds. The first-order valence-electron chi connectivity index (χ1n) is 6.60. The molecule has 1 N–H and O–H groups in total. The molecule has 1 aromatic heterocycles. The predicted octanol–water partition coefficient (Wildman–Crippen LogP) is 3.51. The van der Waals surface area contributed by atoms with Crippen LogP contribution in [0.3, 0.4) is 0 Å². The number of carbonyl (C=O) groups is 1. The van der Waals surface area contributed by atoms with Crippen LogP contribution in [0.5, 0.6) is 5.88 Å². The van der Waals surface area contributed by atoms with E-state index in [9.17, 15) is 9.18 Å². The molecule has 106 valence electrons. The van der Waals surface area contributed by atoms with Crippen molar-refractivity contribution in [3.63, 3.8) is 0 Å². The third-order valence-electron chi connectivity index (χ3n) is 3.05. The lowest BCUT2D eigenvalue weighted by Gasteiger charge is -2.15. The fourth-order valence-electron chi connectivity index (χ4n) is 1.79. The highest BCUT2D eigenvalue weighted by Crippen LogP contribution is 2.19. The zero-order valence-corrected chi connectivity index (χ0v) is 11.4. The predicted molar refractivity (Wildman–Crippen MR) is 70.0 cm³/mol. The summed E-state index contributed by atoms with van der Waals surface area (Å²) in [6, 6.07) is 0.928. The van der Waals surface area contributed by atoms with Crippen LogP contribution in [0.2, 0.25) is 0 Å². The Labute approximate surface area is 112 Å². The maximum Gasteiger partial charge on any atom is 0.341 e. The minimum absolute atomic E-state index is 0.0103. The molecule has 5 heteroatoms. The van der Waals surface area contributed by atoms with Crippen molar-refractivity contribution in [1.29, 1.82) is 0 Å². The van der Waals surface area contributed by atoms with E-state index < -0.39 is 11.8 Å². The number of carboxylic acids is 1. The molecule has 0 aliphatic carbocycles. The molecule has 0 aromatic carbocycles. The molecule has 0 aliphatic heterocycles. The second-order valence-corrected chi connectivity index (χ2v) is 4.54. The lowest BCUT2D eigenvalue weighted by atomic mass is 10.0. The summed E-state index contributed by atoms with van der Waals surface area (Å²) in [6.07, 6.45) is 5.20. The summed E-state index contributed by atoms with van der Waals surface area (Å²) in [7, 11) is 0. The zero-order valence-electron chi connectivity index (χ0n) is 11.4. The Bertz CT molecular complexity index is 423. The fourth-order valence-corrected chi connectivity index (χ4v) is 1.79. The maximum absolute atomic E-state index is 13.0. The molecular weight excluding hydrogens is 249 g/mol. The highest BCUT2D eigenvalue weighted by molar-refractivity contribution is 5.90. The van der Waals surface area contributed by atoms with Crippen molar-refractivity contribution in [3.05, 3.63) is 23.6 Å².